The second kappa shape index (κ2) is 4.27. The molecule has 0 aromatic carbocycles. The Morgan fingerprint density at radius 2 is 2.07 bits per heavy atom. The largest absolute Gasteiger partial charge is 0.310 e. The van der Waals surface area contributed by atoms with Crippen LogP contribution >= 0.6 is 11.8 Å². The van der Waals surface area contributed by atoms with Gasteiger partial charge >= 0.3 is 0 Å². The van der Waals surface area contributed by atoms with Crippen molar-refractivity contribution in [1.82, 2.24) is 10.2 Å². The van der Waals surface area contributed by atoms with Crippen LogP contribution in [0.15, 0.2) is 0 Å². The van der Waals surface area contributed by atoms with E-state index in [1.54, 1.807) is 0 Å². The highest BCUT2D eigenvalue weighted by atomic mass is 32.2. The molecule has 0 unspecified atom stereocenters. The molecule has 1 aliphatic carbocycles. The minimum Gasteiger partial charge on any atom is -0.310 e. The Morgan fingerprint density at radius 3 is 2.67 bits per heavy atom. The summed E-state index contributed by atoms with van der Waals surface area (Å²) in [6.07, 6.45) is 6.43. The predicted molar refractivity (Wildman–Crippen MR) is 68.6 cm³/mol. The van der Waals surface area contributed by atoms with Gasteiger partial charge in [-0.05, 0) is 52.5 Å². The van der Waals surface area contributed by atoms with Gasteiger partial charge < -0.3 is 10.2 Å². The van der Waals surface area contributed by atoms with Crippen molar-refractivity contribution < 1.29 is 0 Å². The van der Waals surface area contributed by atoms with Crippen molar-refractivity contribution in [3.05, 3.63) is 0 Å². The number of thioether (sulfide) groups is 1. The second-order valence-corrected chi connectivity index (χ2v) is 7.04. The van der Waals surface area contributed by atoms with Crippen molar-refractivity contribution >= 4 is 11.8 Å². The van der Waals surface area contributed by atoms with Crippen LogP contribution in [0.5, 0.6) is 0 Å². The van der Waals surface area contributed by atoms with Crippen LogP contribution in [0.4, 0.5) is 0 Å². The van der Waals surface area contributed by atoms with Crippen molar-refractivity contribution in [2.45, 2.75) is 43.4 Å². The fourth-order valence-corrected chi connectivity index (χ4v) is 3.35. The van der Waals surface area contributed by atoms with Crippen LogP contribution in [-0.4, -0.2) is 47.6 Å². The van der Waals surface area contributed by atoms with Crippen molar-refractivity contribution in [3.63, 3.8) is 0 Å². The van der Waals surface area contributed by atoms with E-state index in [1.165, 1.54) is 45.4 Å². The van der Waals surface area contributed by atoms with Gasteiger partial charge in [-0.15, -0.1) is 0 Å². The molecule has 0 aromatic rings. The summed E-state index contributed by atoms with van der Waals surface area (Å²) in [5.74, 6) is 0. The summed E-state index contributed by atoms with van der Waals surface area (Å²) in [5, 5.41) is 3.63. The molecule has 2 rings (SSSR count). The fraction of sp³-hybridized carbons (Fsp3) is 1.00. The van der Waals surface area contributed by atoms with Crippen LogP contribution in [0, 0.1) is 0 Å². The average Bonchev–Trinajstić information content (AvgIpc) is 2.93. The van der Waals surface area contributed by atoms with E-state index in [4.69, 9.17) is 0 Å². The van der Waals surface area contributed by atoms with Gasteiger partial charge in [0.2, 0.25) is 0 Å². The maximum Gasteiger partial charge on any atom is 0.0285 e. The smallest absolute Gasteiger partial charge is 0.0285 e. The van der Waals surface area contributed by atoms with E-state index in [1.807, 2.05) is 0 Å². The Hall–Kier alpha value is 0.270. The van der Waals surface area contributed by atoms with E-state index in [9.17, 15) is 0 Å². The molecule has 1 aliphatic heterocycles. The molecule has 0 amide bonds. The molecule has 1 heterocycles. The molecule has 3 heteroatoms. The van der Waals surface area contributed by atoms with E-state index in [2.05, 4.69) is 42.1 Å². The Labute approximate surface area is 98.2 Å². The summed E-state index contributed by atoms with van der Waals surface area (Å²) in [4.78, 5) is 2.67. The van der Waals surface area contributed by atoms with E-state index < -0.39 is 0 Å². The second-order valence-electron chi connectivity index (χ2n) is 5.76. The van der Waals surface area contributed by atoms with E-state index >= 15 is 0 Å². The van der Waals surface area contributed by atoms with Gasteiger partial charge in [0.25, 0.3) is 0 Å². The lowest BCUT2D eigenvalue weighted by atomic mass is 10.1. The SMILES string of the molecule is CSC1(CN2CCCNC(C)(C)C2)CC1. The molecular formula is C12H24N2S. The summed E-state index contributed by atoms with van der Waals surface area (Å²) >= 11 is 2.08. The molecule has 2 nitrogen and oxygen atoms in total. The van der Waals surface area contributed by atoms with E-state index in [-0.39, 0.29) is 0 Å². The third-order valence-corrected chi connectivity index (χ3v) is 5.03. The van der Waals surface area contributed by atoms with Crippen LogP contribution < -0.4 is 5.32 Å². The summed E-state index contributed by atoms with van der Waals surface area (Å²) < 4.78 is 0.625. The standard InChI is InChI=1S/C12H24N2S/c1-11(2)9-14(8-4-7-13-11)10-12(15-3)5-6-12/h13H,4-10H2,1-3H3. The first-order valence-electron chi connectivity index (χ1n) is 6.08. The number of hydrogen-bond acceptors (Lipinski definition) is 3. The van der Waals surface area contributed by atoms with Gasteiger partial charge in [0.05, 0.1) is 0 Å². The van der Waals surface area contributed by atoms with Gasteiger partial charge in [0.15, 0.2) is 0 Å². The first-order valence-corrected chi connectivity index (χ1v) is 7.30. The van der Waals surface area contributed by atoms with Gasteiger partial charge in [-0.1, -0.05) is 0 Å². The lowest BCUT2D eigenvalue weighted by Crippen LogP contribution is -2.47. The van der Waals surface area contributed by atoms with Crippen LogP contribution in [0.2, 0.25) is 0 Å². The zero-order chi connectivity index (χ0) is 10.9. The molecule has 1 N–H and O–H groups in total. The Morgan fingerprint density at radius 1 is 1.33 bits per heavy atom. The Balaban J connectivity index is 1.90. The number of nitrogens with zero attached hydrogens (tertiary/aromatic N) is 1. The Bertz CT molecular complexity index is 224. The van der Waals surface area contributed by atoms with Gasteiger partial charge in [-0.3, -0.25) is 0 Å². The first-order chi connectivity index (χ1) is 7.05. The summed E-state index contributed by atoms with van der Waals surface area (Å²) in [7, 11) is 0. The van der Waals surface area contributed by atoms with Crippen LogP contribution in [0.1, 0.15) is 33.1 Å². The normalized spacial score (nSPS) is 29.8. The molecule has 0 aromatic heterocycles. The third kappa shape index (κ3) is 3.11. The lowest BCUT2D eigenvalue weighted by molar-refractivity contribution is 0.229. The molecule has 0 radical (unpaired) electrons. The maximum absolute atomic E-state index is 3.63. The fourth-order valence-electron chi connectivity index (χ4n) is 2.53. The van der Waals surface area contributed by atoms with Gasteiger partial charge in [0.1, 0.15) is 0 Å². The Kier molecular flexibility index (Phi) is 3.34. The van der Waals surface area contributed by atoms with Crippen molar-refractivity contribution in [2.75, 3.05) is 32.4 Å². The molecule has 1 saturated carbocycles. The molecule has 88 valence electrons. The van der Waals surface area contributed by atoms with Crippen molar-refractivity contribution in [3.8, 4) is 0 Å². The van der Waals surface area contributed by atoms with Crippen molar-refractivity contribution in [2.24, 2.45) is 0 Å². The van der Waals surface area contributed by atoms with Crippen LogP contribution in [0.3, 0.4) is 0 Å². The molecule has 1 saturated heterocycles. The highest BCUT2D eigenvalue weighted by Gasteiger charge is 2.43. The predicted octanol–water partition coefficient (Wildman–Crippen LogP) is 1.96. The van der Waals surface area contributed by atoms with Gasteiger partial charge in [-0.2, -0.15) is 11.8 Å². The minimum absolute atomic E-state index is 0.297. The summed E-state index contributed by atoms with van der Waals surface area (Å²) in [6, 6.07) is 0. The molecule has 2 aliphatic rings. The highest BCUT2D eigenvalue weighted by Crippen LogP contribution is 2.47. The maximum atomic E-state index is 3.63. The topological polar surface area (TPSA) is 15.3 Å². The third-order valence-electron chi connectivity index (χ3n) is 3.63. The quantitative estimate of drug-likeness (QED) is 0.795. The van der Waals surface area contributed by atoms with Gasteiger partial charge in [0, 0.05) is 23.4 Å². The average molecular weight is 228 g/mol. The van der Waals surface area contributed by atoms with Crippen LogP contribution in [0.25, 0.3) is 0 Å². The first kappa shape index (κ1) is 11.7. The molecule has 0 bridgehead atoms. The van der Waals surface area contributed by atoms with Crippen LogP contribution in [-0.2, 0) is 0 Å². The van der Waals surface area contributed by atoms with E-state index in [0.29, 0.717) is 10.3 Å². The van der Waals surface area contributed by atoms with Crippen molar-refractivity contribution in [1.29, 1.82) is 0 Å². The summed E-state index contributed by atoms with van der Waals surface area (Å²) in [5.41, 5.74) is 0.297. The zero-order valence-corrected chi connectivity index (χ0v) is 11.1. The molecule has 0 atom stereocenters. The zero-order valence-electron chi connectivity index (χ0n) is 10.3. The molecular weight excluding hydrogens is 204 g/mol. The molecule has 15 heavy (non-hydrogen) atoms. The highest BCUT2D eigenvalue weighted by molar-refractivity contribution is 8.00. The number of rotatable bonds is 3. The van der Waals surface area contributed by atoms with E-state index in [0.717, 1.165) is 0 Å². The summed E-state index contributed by atoms with van der Waals surface area (Å²) in [6.45, 7) is 9.61. The molecule has 2 fully saturated rings. The lowest BCUT2D eigenvalue weighted by Gasteiger charge is -2.32. The molecule has 0 spiro atoms. The number of hydrogen-bond donors (Lipinski definition) is 1. The minimum atomic E-state index is 0.297. The monoisotopic (exact) mass is 228 g/mol. The van der Waals surface area contributed by atoms with Gasteiger partial charge in [-0.25, -0.2) is 0 Å². The number of nitrogens with one attached hydrogen (secondary N) is 1.